The van der Waals surface area contributed by atoms with E-state index in [0.717, 1.165) is 22.4 Å². The second kappa shape index (κ2) is 7.08. The van der Waals surface area contributed by atoms with Crippen LogP contribution >= 0.6 is 0 Å². The molecule has 28 heavy (non-hydrogen) atoms. The first kappa shape index (κ1) is 17.6. The van der Waals surface area contributed by atoms with Crippen molar-refractivity contribution in [3.8, 4) is 17.7 Å². The molecule has 1 aromatic heterocycles. The Morgan fingerprint density at radius 3 is 2.79 bits per heavy atom. The van der Waals surface area contributed by atoms with Gasteiger partial charge in [-0.15, -0.1) is 5.10 Å². The zero-order valence-corrected chi connectivity index (χ0v) is 15.1. The van der Waals surface area contributed by atoms with Crippen LogP contribution in [-0.2, 0) is 6.61 Å². The van der Waals surface area contributed by atoms with Crippen LogP contribution in [0.5, 0.6) is 11.6 Å². The van der Waals surface area contributed by atoms with Crippen LogP contribution in [0.3, 0.4) is 0 Å². The smallest absolute Gasteiger partial charge is 0.244 e. The Hall–Kier alpha value is -3.79. The van der Waals surface area contributed by atoms with Gasteiger partial charge >= 0.3 is 0 Å². The minimum absolute atomic E-state index is 0.0536. The standard InChI is InChI=1S/C21H17FN4O2/c1-12-18-19(17(10-23)20(24)28-21(18)26-25-12)14-5-7-16(8-6-14)27-11-13-3-2-4-15(22)9-13/h2-9,19H,11,24H2,1H3,(H,25,26)/t19-/m1/s1. The molecule has 0 fully saturated rings. The maximum absolute atomic E-state index is 13.3. The van der Waals surface area contributed by atoms with Crippen molar-refractivity contribution in [2.75, 3.05) is 0 Å². The number of hydrogen-bond donors (Lipinski definition) is 2. The van der Waals surface area contributed by atoms with Gasteiger partial charge in [0.25, 0.3) is 0 Å². The molecule has 1 aliphatic heterocycles. The second-order valence-corrected chi connectivity index (χ2v) is 6.48. The van der Waals surface area contributed by atoms with Gasteiger partial charge in [-0.1, -0.05) is 24.3 Å². The molecule has 0 bridgehead atoms. The second-order valence-electron chi connectivity index (χ2n) is 6.48. The van der Waals surface area contributed by atoms with Gasteiger partial charge in [-0.25, -0.2) is 4.39 Å². The average molecular weight is 376 g/mol. The Morgan fingerprint density at radius 2 is 2.07 bits per heavy atom. The molecule has 0 saturated carbocycles. The fraction of sp³-hybridized carbons (Fsp3) is 0.143. The van der Waals surface area contributed by atoms with Crippen LogP contribution in [0.4, 0.5) is 4.39 Å². The van der Waals surface area contributed by atoms with Gasteiger partial charge in [-0.3, -0.25) is 5.10 Å². The molecule has 3 N–H and O–H groups in total. The minimum Gasteiger partial charge on any atom is -0.489 e. The lowest BCUT2D eigenvalue weighted by atomic mass is 9.84. The Morgan fingerprint density at radius 1 is 1.29 bits per heavy atom. The predicted octanol–water partition coefficient (Wildman–Crippen LogP) is 3.65. The number of rotatable bonds is 4. The number of benzene rings is 2. The molecule has 0 spiro atoms. The fourth-order valence-electron chi connectivity index (χ4n) is 3.28. The van der Waals surface area contributed by atoms with Crippen LogP contribution in [0.15, 0.2) is 60.0 Å². The van der Waals surface area contributed by atoms with Crippen molar-refractivity contribution in [2.45, 2.75) is 19.4 Å². The van der Waals surface area contributed by atoms with E-state index in [1.54, 1.807) is 12.1 Å². The van der Waals surface area contributed by atoms with Gasteiger partial charge in [0.2, 0.25) is 11.8 Å². The number of nitrogens with zero attached hydrogens (tertiary/aromatic N) is 2. The monoisotopic (exact) mass is 376 g/mol. The molecule has 0 amide bonds. The molecule has 7 heteroatoms. The number of aryl methyl sites for hydroxylation is 1. The summed E-state index contributed by atoms with van der Waals surface area (Å²) in [6.45, 7) is 2.13. The number of hydrogen-bond acceptors (Lipinski definition) is 5. The Balaban J connectivity index is 1.60. The average Bonchev–Trinajstić information content (AvgIpc) is 3.06. The first-order chi connectivity index (χ1) is 13.6. The van der Waals surface area contributed by atoms with Crippen molar-refractivity contribution in [3.63, 3.8) is 0 Å². The summed E-state index contributed by atoms with van der Waals surface area (Å²) in [5, 5.41) is 16.6. The Bertz CT molecular complexity index is 1100. The largest absolute Gasteiger partial charge is 0.489 e. The molecule has 4 rings (SSSR count). The van der Waals surface area contributed by atoms with E-state index in [1.165, 1.54) is 12.1 Å². The number of fused-ring (bicyclic) bond motifs is 1. The number of H-pyrrole nitrogens is 1. The molecule has 2 heterocycles. The molecular formula is C21H17FN4O2. The lowest BCUT2D eigenvalue weighted by molar-refractivity contribution is 0.305. The van der Waals surface area contributed by atoms with Crippen molar-refractivity contribution < 1.29 is 13.9 Å². The number of halogens is 1. The molecule has 1 atom stereocenters. The number of allylic oxidation sites excluding steroid dienone is 1. The number of nitriles is 1. The first-order valence-electron chi connectivity index (χ1n) is 8.66. The number of ether oxygens (including phenoxy) is 2. The van der Waals surface area contributed by atoms with Crippen molar-refractivity contribution in [1.82, 2.24) is 10.2 Å². The van der Waals surface area contributed by atoms with E-state index in [4.69, 9.17) is 15.2 Å². The summed E-state index contributed by atoms with van der Waals surface area (Å²) < 4.78 is 24.5. The van der Waals surface area contributed by atoms with Gasteiger partial charge in [0, 0.05) is 11.3 Å². The van der Waals surface area contributed by atoms with E-state index in [1.807, 2.05) is 31.2 Å². The van der Waals surface area contributed by atoms with Crippen molar-refractivity contribution in [3.05, 3.63) is 88.2 Å². The van der Waals surface area contributed by atoms with E-state index in [0.29, 0.717) is 17.2 Å². The van der Waals surface area contributed by atoms with E-state index in [2.05, 4.69) is 16.3 Å². The van der Waals surface area contributed by atoms with E-state index in [9.17, 15) is 9.65 Å². The molecule has 6 nitrogen and oxygen atoms in total. The summed E-state index contributed by atoms with van der Waals surface area (Å²) in [5.74, 6) is 0.406. The Kier molecular flexibility index (Phi) is 4.45. The van der Waals surface area contributed by atoms with Crippen molar-refractivity contribution >= 4 is 0 Å². The molecule has 140 valence electrons. The molecule has 2 aromatic carbocycles. The van der Waals surface area contributed by atoms with Gasteiger partial charge in [0.15, 0.2) is 0 Å². The third-order valence-corrected chi connectivity index (χ3v) is 4.64. The predicted molar refractivity (Wildman–Crippen MR) is 99.8 cm³/mol. The minimum atomic E-state index is -0.371. The maximum atomic E-state index is 13.3. The van der Waals surface area contributed by atoms with E-state index in [-0.39, 0.29) is 24.2 Å². The van der Waals surface area contributed by atoms with E-state index < -0.39 is 0 Å². The summed E-state index contributed by atoms with van der Waals surface area (Å²) >= 11 is 0. The number of nitrogens with two attached hydrogens (primary N) is 1. The SMILES string of the molecule is Cc1[nH]nc2c1[C@H](c1ccc(OCc3cccc(F)c3)cc1)C(C#N)=C(N)O2. The normalized spacial score (nSPS) is 15.5. The summed E-state index contributed by atoms with van der Waals surface area (Å²) in [6, 6.07) is 15.8. The van der Waals surface area contributed by atoms with Gasteiger partial charge in [-0.2, -0.15) is 5.26 Å². The highest BCUT2D eigenvalue weighted by Gasteiger charge is 2.34. The molecule has 1 aliphatic rings. The van der Waals surface area contributed by atoms with Crippen LogP contribution < -0.4 is 15.2 Å². The van der Waals surface area contributed by atoms with Gasteiger partial charge in [-0.05, 0) is 42.3 Å². The van der Waals surface area contributed by atoms with Crippen LogP contribution in [0.25, 0.3) is 0 Å². The zero-order chi connectivity index (χ0) is 19.7. The maximum Gasteiger partial charge on any atom is 0.244 e. The Labute approximate surface area is 161 Å². The summed E-state index contributed by atoms with van der Waals surface area (Å²) in [6.07, 6.45) is 0. The summed E-state index contributed by atoms with van der Waals surface area (Å²) in [4.78, 5) is 0. The van der Waals surface area contributed by atoms with Gasteiger partial charge < -0.3 is 15.2 Å². The lowest BCUT2D eigenvalue weighted by Gasteiger charge is -2.23. The molecule has 0 radical (unpaired) electrons. The molecule has 0 aliphatic carbocycles. The van der Waals surface area contributed by atoms with Crippen molar-refractivity contribution in [1.29, 1.82) is 5.26 Å². The van der Waals surface area contributed by atoms with Crippen LogP contribution in [0.2, 0.25) is 0 Å². The van der Waals surface area contributed by atoms with E-state index >= 15 is 0 Å². The highest BCUT2D eigenvalue weighted by molar-refractivity contribution is 5.55. The number of aromatic amines is 1. The lowest BCUT2D eigenvalue weighted by Crippen LogP contribution is -2.21. The highest BCUT2D eigenvalue weighted by Crippen LogP contribution is 2.42. The van der Waals surface area contributed by atoms with Crippen LogP contribution in [0, 0.1) is 24.1 Å². The van der Waals surface area contributed by atoms with Crippen LogP contribution in [0.1, 0.15) is 28.3 Å². The molecule has 3 aromatic rings. The van der Waals surface area contributed by atoms with Gasteiger partial charge in [0.05, 0.1) is 5.92 Å². The molecule has 0 unspecified atom stereocenters. The molecule has 0 saturated heterocycles. The number of nitrogens with one attached hydrogen (secondary N) is 1. The fourth-order valence-corrected chi connectivity index (χ4v) is 3.28. The topological polar surface area (TPSA) is 97.0 Å². The zero-order valence-electron chi connectivity index (χ0n) is 15.1. The summed E-state index contributed by atoms with van der Waals surface area (Å²) in [7, 11) is 0. The quantitative estimate of drug-likeness (QED) is 0.724. The van der Waals surface area contributed by atoms with Crippen molar-refractivity contribution in [2.24, 2.45) is 5.73 Å². The van der Waals surface area contributed by atoms with Crippen LogP contribution in [-0.4, -0.2) is 10.2 Å². The third kappa shape index (κ3) is 3.16. The highest BCUT2D eigenvalue weighted by atomic mass is 19.1. The van der Waals surface area contributed by atoms with Gasteiger partial charge in [0.1, 0.15) is 29.8 Å². The summed E-state index contributed by atoms with van der Waals surface area (Å²) in [5.41, 5.74) is 9.47. The number of aromatic nitrogens is 2. The third-order valence-electron chi connectivity index (χ3n) is 4.64. The first-order valence-corrected chi connectivity index (χ1v) is 8.66. The molecular weight excluding hydrogens is 359 g/mol.